The third kappa shape index (κ3) is 21.2. The molecule has 312 valence electrons. The summed E-state index contributed by atoms with van der Waals surface area (Å²) in [5.41, 5.74) is -0.452. The minimum Gasteiger partial charge on any atom is -0.493 e. The van der Waals surface area contributed by atoms with E-state index in [9.17, 15) is 24.6 Å². The number of hydrogen-bond acceptors (Lipinski definition) is 7. The van der Waals surface area contributed by atoms with Crippen molar-refractivity contribution in [3.05, 3.63) is 102 Å². The molecule has 0 aliphatic carbocycles. The predicted octanol–water partition coefficient (Wildman–Crippen LogP) is 9.02. The molecule has 56 heavy (non-hydrogen) atoms. The van der Waals surface area contributed by atoms with Crippen molar-refractivity contribution in [1.29, 1.82) is 0 Å². The molecule has 0 spiro atoms. The number of aryl methyl sites for hydroxylation is 2. The van der Waals surface area contributed by atoms with Crippen LogP contribution in [0.4, 0.5) is 0 Å². The molecule has 0 aliphatic rings. The zero-order chi connectivity index (χ0) is 41.5. The second kappa shape index (κ2) is 30.0. The summed E-state index contributed by atoms with van der Waals surface area (Å²) in [6.45, 7) is 11.8. The number of aliphatic hydroxyl groups is 2. The zero-order valence-electron chi connectivity index (χ0n) is 35.2. The summed E-state index contributed by atoms with van der Waals surface area (Å²) in [5, 5.41) is 27.1. The van der Waals surface area contributed by atoms with Crippen LogP contribution < -0.4 is 15.4 Å². The average molecular weight is 777 g/mol. The molecule has 0 bridgehead atoms. The van der Waals surface area contributed by atoms with E-state index in [1.165, 1.54) is 0 Å². The van der Waals surface area contributed by atoms with Crippen molar-refractivity contribution in [2.75, 3.05) is 26.4 Å². The van der Waals surface area contributed by atoms with E-state index in [2.05, 4.69) is 78.3 Å². The van der Waals surface area contributed by atoms with Crippen LogP contribution in [0.15, 0.2) is 91.1 Å². The largest absolute Gasteiger partial charge is 0.493 e. The van der Waals surface area contributed by atoms with E-state index in [0.717, 1.165) is 55.4 Å². The second-order valence-corrected chi connectivity index (χ2v) is 14.8. The average Bonchev–Trinajstić information content (AvgIpc) is 3.18. The van der Waals surface area contributed by atoms with E-state index >= 15 is 0 Å². The number of allylic oxidation sites excluding steroid dienone is 12. The summed E-state index contributed by atoms with van der Waals surface area (Å²) >= 11 is 0. The molecule has 2 atom stereocenters. The fourth-order valence-electron chi connectivity index (χ4n) is 5.62. The van der Waals surface area contributed by atoms with Crippen molar-refractivity contribution in [3.63, 3.8) is 0 Å². The van der Waals surface area contributed by atoms with Gasteiger partial charge in [-0.05, 0) is 108 Å². The number of rotatable bonds is 30. The lowest BCUT2D eigenvalue weighted by molar-refractivity contribution is -0.163. The smallest absolute Gasteiger partial charge is 0.337 e. The molecule has 0 fully saturated rings. The molecule has 1 aromatic carbocycles. The molecule has 0 aliphatic heterocycles. The standard InChI is InChI=1S/C47H72N2O7/c1-7-9-10-11-12-13-14-15-16-17-18-19-20-21-22-23-24-25-26-30-43(52)49-47(38-50,45(54)56-35-8-2)42(51)29-27-34-48-44(53)46(5,6)33-28-36-55-41-37-39(3)31-32-40(41)4/h9-10,12-13,15-16,18-19,21-22,24-25,31-32,37,42,50-51H,7-8,11,14,17,20,23,26-30,33-36,38H2,1-6H3,(H,48,53)(H,49,52)/b10-9-,13-12-,16-15-,19-18-,22-21-,25-24-. The van der Waals surface area contributed by atoms with Crippen molar-refractivity contribution < 1.29 is 34.1 Å². The molecule has 4 N–H and O–H groups in total. The zero-order valence-corrected chi connectivity index (χ0v) is 35.2. The molecular weight excluding hydrogens is 705 g/mol. The van der Waals surface area contributed by atoms with E-state index in [0.29, 0.717) is 38.7 Å². The molecule has 0 radical (unpaired) electrons. The molecule has 0 aromatic heterocycles. The molecule has 1 aromatic rings. The van der Waals surface area contributed by atoms with Crippen LogP contribution in [0.2, 0.25) is 0 Å². The lowest BCUT2D eigenvalue weighted by atomic mass is 9.86. The van der Waals surface area contributed by atoms with Gasteiger partial charge in [-0.15, -0.1) is 0 Å². The molecule has 1 rings (SSSR count). The maximum atomic E-state index is 13.1. The number of amides is 2. The highest BCUT2D eigenvalue weighted by Gasteiger charge is 2.47. The summed E-state index contributed by atoms with van der Waals surface area (Å²) in [5.74, 6) is -0.644. The van der Waals surface area contributed by atoms with Crippen LogP contribution in [0.1, 0.15) is 122 Å². The van der Waals surface area contributed by atoms with Gasteiger partial charge in [-0.1, -0.05) is 113 Å². The first kappa shape index (κ1) is 49.8. The first-order chi connectivity index (χ1) is 26.9. The Kier molecular flexibility index (Phi) is 26.7. The van der Waals surface area contributed by atoms with E-state index in [1.54, 1.807) is 0 Å². The minimum absolute atomic E-state index is 0.0413. The molecule has 0 saturated carbocycles. The molecule has 2 unspecified atom stereocenters. The van der Waals surface area contributed by atoms with E-state index in [-0.39, 0.29) is 31.9 Å². The van der Waals surface area contributed by atoms with Gasteiger partial charge in [0.25, 0.3) is 0 Å². The third-order valence-corrected chi connectivity index (χ3v) is 9.22. The SMILES string of the molecule is CC/C=C\C/C=C\C/C=C\C/C=C\C/C=C\C/C=C\CCC(=O)NC(CO)(C(=O)OCCC)C(O)CCCNC(=O)C(C)(C)CCCOc1cc(C)ccc1C. The third-order valence-electron chi connectivity index (χ3n) is 9.22. The number of carbonyl (C=O) groups is 3. The van der Waals surface area contributed by atoms with Gasteiger partial charge in [0, 0.05) is 18.4 Å². The summed E-state index contributed by atoms with van der Waals surface area (Å²) in [6, 6.07) is 6.08. The van der Waals surface area contributed by atoms with Crippen LogP contribution in [0.3, 0.4) is 0 Å². The second-order valence-electron chi connectivity index (χ2n) is 14.8. The van der Waals surface area contributed by atoms with Crippen LogP contribution in [0.5, 0.6) is 5.75 Å². The maximum absolute atomic E-state index is 13.1. The van der Waals surface area contributed by atoms with Crippen molar-refractivity contribution in [2.45, 2.75) is 137 Å². The normalized spacial score (nSPS) is 14.1. The van der Waals surface area contributed by atoms with Crippen LogP contribution in [-0.4, -0.2) is 66.0 Å². The quantitative estimate of drug-likeness (QED) is 0.0348. The highest BCUT2D eigenvalue weighted by Crippen LogP contribution is 2.25. The minimum atomic E-state index is -2.01. The van der Waals surface area contributed by atoms with Gasteiger partial charge in [-0.3, -0.25) is 9.59 Å². The number of esters is 1. The summed E-state index contributed by atoms with van der Waals surface area (Å²) in [6.07, 6.45) is 32.2. The van der Waals surface area contributed by atoms with E-state index in [1.807, 2.05) is 65.0 Å². The van der Waals surface area contributed by atoms with Crippen LogP contribution >= 0.6 is 0 Å². The van der Waals surface area contributed by atoms with Crippen molar-refractivity contribution in [3.8, 4) is 5.75 Å². The Bertz CT molecular complexity index is 1460. The summed E-state index contributed by atoms with van der Waals surface area (Å²) in [4.78, 5) is 39.1. The van der Waals surface area contributed by atoms with Gasteiger partial charge in [0.15, 0.2) is 5.54 Å². The van der Waals surface area contributed by atoms with Crippen molar-refractivity contribution in [1.82, 2.24) is 10.6 Å². The summed E-state index contributed by atoms with van der Waals surface area (Å²) in [7, 11) is 0. The van der Waals surface area contributed by atoms with Gasteiger partial charge >= 0.3 is 5.97 Å². The van der Waals surface area contributed by atoms with Crippen molar-refractivity contribution >= 4 is 17.8 Å². The first-order valence-electron chi connectivity index (χ1n) is 20.6. The number of benzene rings is 1. The topological polar surface area (TPSA) is 134 Å². The molecule has 2 amide bonds. The molecule has 0 saturated heterocycles. The van der Waals surface area contributed by atoms with Crippen molar-refractivity contribution in [2.24, 2.45) is 5.41 Å². The van der Waals surface area contributed by atoms with Gasteiger partial charge < -0.3 is 30.3 Å². The lowest BCUT2D eigenvalue weighted by Crippen LogP contribution is -2.65. The molecule has 0 heterocycles. The van der Waals surface area contributed by atoms with Crippen LogP contribution in [0.25, 0.3) is 0 Å². The van der Waals surface area contributed by atoms with Gasteiger partial charge in [0.05, 0.1) is 25.9 Å². The predicted molar refractivity (Wildman–Crippen MR) is 229 cm³/mol. The fourth-order valence-corrected chi connectivity index (χ4v) is 5.62. The number of aliphatic hydroxyl groups excluding tert-OH is 2. The van der Waals surface area contributed by atoms with E-state index in [4.69, 9.17) is 9.47 Å². The Morgan fingerprint density at radius 2 is 1.38 bits per heavy atom. The highest BCUT2D eigenvalue weighted by molar-refractivity contribution is 5.89. The first-order valence-corrected chi connectivity index (χ1v) is 20.6. The number of carbonyl (C=O) groups excluding carboxylic acids is 3. The molecule has 9 heteroatoms. The lowest BCUT2D eigenvalue weighted by Gasteiger charge is -2.35. The fraction of sp³-hybridized carbons (Fsp3) is 0.553. The van der Waals surface area contributed by atoms with Gasteiger partial charge in [-0.25, -0.2) is 4.79 Å². The number of hydrogen-bond donors (Lipinski definition) is 4. The Morgan fingerprint density at radius 1 is 0.804 bits per heavy atom. The molecular formula is C47H72N2O7. The Balaban J connectivity index is 2.50. The monoisotopic (exact) mass is 777 g/mol. The van der Waals surface area contributed by atoms with Gasteiger partial charge in [-0.2, -0.15) is 0 Å². The van der Waals surface area contributed by atoms with Crippen LogP contribution in [0, 0.1) is 19.3 Å². The highest BCUT2D eigenvalue weighted by atomic mass is 16.5. The Morgan fingerprint density at radius 3 is 1.93 bits per heavy atom. The Labute approximate surface area is 338 Å². The maximum Gasteiger partial charge on any atom is 0.337 e. The number of nitrogens with one attached hydrogen (secondary N) is 2. The van der Waals surface area contributed by atoms with Gasteiger partial charge in [0.1, 0.15) is 5.75 Å². The summed E-state index contributed by atoms with van der Waals surface area (Å²) < 4.78 is 11.3. The van der Waals surface area contributed by atoms with Gasteiger partial charge in [0.2, 0.25) is 11.8 Å². The molecule has 9 nitrogen and oxygen atoms in total. The van der Waals surface area contributed by atoms with E-state index < -0.39 is 35.5 Å². The van der Waals surface area contributed by atoms with Crippen LogP contribution in [-0.2, 0) is 19.1 Å². The number of ether oxygens (including phenoxy) is 2. The Hall–Kier alpha value is -4.21.